The Morgan fingerprint density at radius 3 is 2.16 bits per heavy atom. The smallest absolute Gasteiger partial charge is 0.475 e. The van der Waals surface area contributed by atoms with Crippen molar-refractivity contribution in [3.8, 4) is 11.1 Å². The molecular formula is C23H24F4N6O4. The molecule has 3 N–H and O–H groups in total. The highest BCUT2D eigenvalue weighted by Gasteiger charge is 2.40. The van der Waals surface area contributed by atoms with Gasteiger partial charge in [0.15, 0.2) is 5.65 Å². The molecule has 0 spiro atoms. The van der Waals surface area contributed by atoms with E-state index in [1.165, 1.54) is 16.1 Å². The van der Waals surface area contributed by atoms with Gasteiger partial charge in [-0.3, -0.25) is 9.59 Å². The van der Waals surface area contributed by atoms with E-state index in [1.54, 1.807) is 30.7 Å². The number of carboxylic acids is 1. The van der Waals surface area contributed by atoms with Crippen molar-refractivity contribution < 1.29 is 37.1 Å². The molecule has 0 unspecified atom stereocenters. The molecular weight excluding hydrogens is 500 g/mol. The minimum atomic E-state index is -5.08. The molecule has 2 aromatic heterocycles. The summed E-state index contributed by atoms with van der Waals surface area (Å²) in [7, 11) is 3.24. The molecule has 0 bridgehead atoms. The average molecular weight is 524 g/mol. The lowest BCUT2D eigenvalue weighted by Crippen LogP contribution is -2.58. The number of hydrogen-bond acceptors (Lipinski definition) is 6. The van der Waals surface area contributed by atoms with Crippen LogP contribution in [0.25, 0.3) is 16.8 Å². The van der Waals surface area contributed by atoms with E-state index in [-0.39, 0.29) is 19.0 Å². The number of likely N-dealkylation sites (N-methyl/N-ethyl adjacent to an activating group) is 1. The maximum absolute atomic E-state index is 13.2. The van der Waals surface area contributed by atoms with Gasteiger partial charge < -0.3 is 20.6 Å². The van der Waals surface area contributed by atoms with E-state index in [4.69, 9.17) is 15.6 Å². The molecule has 198 valence electrons. The third-order valence-electron chi connectivity index (χ3n) is 5.62. The first-order valence-electron chi connectivity index (χ1n) is 10.9. The normalized spacial score (nSPS) is 15.3. The van der Waals surface area contributed by atoms with E-state index in [9.17, 15) is 27.2 Å². The van der Waals surface area contributed by atoms with E-state index in [0.717, 1.165) is 16.8 Å². The number of carbonyl (C=O) groups is 3. The number of carbonyl (C=O) groups excluding carboxylic acids is 2. The van der Waals surface area contributed by atoms with Crippen LogP contribution in [0.4, 0.5) is 17.6 Å². The van der Waals surface area contributed by atoms with Gasteiger partial charge in [0.25, 0.3) is 0 Å². The van der Waals surface area contributed by atoms with Crippen molar-refractivity contribution in [1.29, 1.82) is 0 Å². The van der Waals surface area contributed by atoms with Gasteiger partial charge in [-0.05, 0) is 23.3 Å². The standard InChI is InChI=1S/C21H23FN6O2.C2HF3O2/c1-26(2)20(29)18(19(23)21(30)27-10-16(22)11-27)14-5-3-13(4-6-14)15-7-8-17-24-12-25-28(17)9-15;3-2(4,5)1(6)7/h3-9,12,16,18-19H,10-11,23H2,1-2H3;(H,6,7)/t18-,19-;/m0./s1. The van der Waals surface area contributed by atoms with Gasteiger partial charge in [0.05, 0.1) is 19.0 Å². The van der Waals surface area contributed by atoms with E-state index in [0.29, 0.717) is 5.56 Å². The fraction of sp³-hybridized carbons (Fsp3) is 0.348. The summed E-state index contributed by atoms with van der Waals surface area (Å²) < 4.78 is 46.6. The first-order valence-corrected chi connectivity index (χ1v) is 10.9. The molecule has 2 amide bonds. The second kappa shape index (κ2) is 10.9. The topological polar surface area (TPSA) is 134 Å². The molecule has 1 fully saturated rings. The highest BCUT2D eigenvalue weighted by Crippen LogP contribution is 2.27. The van der Waals surface area contributed by atoms with Crippen molar-refractivity contribution in [3.63, 3.8) is 0 Å². The first kappa shape index (κ1) is 27.5. The summed E-state index contributed by atoms with van der Waals surface area (Å²) in [5, 5.41) is 11.3. The Labute approximate surface area is 208 Å². The fourth-order valence-electron chi connectivity index (χ4n) is 3.61. The first-order chi connectivity index (χ1) is 17.3. The summed E-state index contributed by atoms with van der Waals surface area (Å²) >= 11 is 0. The SMILES string of the molecule is CN(C)C(=O)[C@@H](c1ccc(-c2ccc3ncnn3c2)cc1)[C@H](N)C(=O)N1CC(F)C1.O=C(O)C(F)(F)F. The molecule has 3 aromatic rings. The van der Waals surface area contributed by atoms with Crippen molar-refractivity contribution in [3.05, 3.63) is 54.5 Å². The Balaban J connectivity index is 0.000000479. The van der Waals surface area contributed by atoms with Gasteiger partial charge >= 0.3 is 12.1 Å². The summed E-state index contributed by atoms with van der Waals surface area (Å²) in [5.74, 6) is -4.29. The molecule has 3 heterocycles. The Morgan fingerprint density at radius 1 is 1.08 bits per heavy atom. The number of halogens is 4. The Morgan fingerprint density at radius 2 is 1.65 bits per heavy atom. The van der Waals surface area contributed by atoms with Gasteiger partial charge in [0.2, 0.25) is 11.8 Å². The number of aromatic nitrogens is 3. The fourth-order valence-corrected chi connectivity index (χ4v) is 3.61. The summed E-state index contributed by atoms with van der Waals surface area (Å²) in [6.45, 7) is 0.0538. The molecule has 0 aliphatic carbocycles. The van der Waals surface area contributed by atoms with Crippen molar-refractivity contribution >= 4 is 23.4 Å². The van der Waals surface area contributed by atoms with Crippen LogP contribution in [0.3, 0.4) is 0 Å². The van der Waals surface area contributed by atoms with Gasteiger partial charge in [0.1, 0.15) is 18.5 Å². The van der Waals surface area contributed by atoms with Crippen molar-refractivity contribution in [2.75, 3.05) is 27.2 Å². The summed E-state index contributed by atoms with van der Waals surface area (Å²) in [6.07, 6.45) is -2.75. The summed E-state index contributed by atoms with van der Waals surface area (Å²) in [6, 6.07) is 10.1. The number of rotatable bonds is 5. The van der Waals surface area contributed by atoms with Crippen molar-refractivity contribution in [2.24, 2.45) is 5.73 Å². The van der Waals surface area contributed by atoms with Crippen LogP contribution < -0.4 is 5.73 Å². The summed E-state index contributed by atoms with van der Waals surface area (Å²) in [4.78, 5) is 41.3. The van der Waals surface area contributed by atoms with Crippen LogP contribution >= 0.6 is 0 Å². The van der Waals surface area contributed by atoms with Gasteiger partial charge in [-0.25, -0.2) is 18.7 Å². The van der Waals surface area contributed by atoms with Crippen LogP contribution in [0.2, 0.25) is 0 Å². The van der Waals surface area contributed by atoms with Crippen molar-refractivity contribution in [2.45, 2.75) is 24.3 Å². The molecule has 1 aliphatic heterocycles. The molecule has 1 saturated heterocycles. The van der Waals surface area contributed by atoms with E-state index >= 15 is 0 Å². The molecule has 0 saturated carbocycles. The van der Waals surface area contributed by atoms with Crippen LogP contribution in [-0.4, -0.2) is 92.9 Å². The molecule has 4 rings (SSSR count). The number of benzene rings is 1. The number of amides is 2. The van der Waals surface area contributed by atoms with Gasteiger partial charge in [-0.15, -0.1) is 0 Å². The monoisotopic (exact) mass is 524 g/mol. The molecule has 14 heteroatoms. The van der Waals surface area contributed by atoms with Crippen LogP contribution in [0.15, 0.2) is 48.9 Å². The number of nitrogens with zero attached hydrogens (tertiary/aromatic N) is 5. The quantitative estimate of drug-likeness (QED) is 0.486. The number of alkyl halides is 4. The lowest BCUT2D eigenvalue weighted by atomic mass is 9.88. The number of pyridine rings is 1. The maximum atomic E-state index is 13.2. The second-order valence-electron chi connectivity index (χ2n) is 8.48. The minimum Gasteiger partial charge on any atom is -0.475 e. The molecule has 0 radical (unpaired) electrons. The van der Waals surface area contributed by atoms with E-state index in [2.05, 4.69) is 10.1 Å². The van der Waals surface area contributed by atoms with Crippen LogP contribution in [0.1, 0.15) is 11.5 Å². The highest BCUT2D eigenvalue weighted by molar-refractivity contribution is 5.93. The number of nitrogens with two attached hydrogens (primary N) is 1. The van der Waals surface area contributed by atoms with Gasteiger partial charge in [0, 0.05) is 25.9 Å². The predicted octanol–water partition coefficient (Wildman–Crippen LogP) is 1.71. The zero-order valence-corrected chi connectivity index (χ0v) is 19.8. The van der Waals surface area contributed by atoms with Crippen molar-refractivity contribution in [1.82, 2.24) is 24.4 Å². The summed E-state index contributed by atoms with van der Waals surface area (Å²) in [5.41, 5.74) is 9.45. The Bertz CT molecular complexity index is 1270. The minimum absolute atomic E-state index is 0.0269. The number of carboxylic acid groups (broad SMARTS) is 1. The van der Waals surface area contributed by atoms with Gasteiger partial charge in [-0.2, -0.15) is 18.3 Å². The van der Waals surface area contributed by atoms with E-state index in [1.807, 2.05) is 30.5 Å². The lowest BCUT2D eigenvalue weighted by Gasteiger charge is -2.37. The van der Waals surface area contributed by atoms with Crippen LogP contribution in [-0.2, 0) is 14.4 Å². The average Bonchev–Trinajstić information content (AvgIpc) is 3.30. The molecule has 1 aromatic carbocycles. The highest BCUT2D eigenvalue weighted by atomic mass is 19.4. The number of hydrogen-bond donors (Lipinski definition) is 2. The van der Waals surface area contributed by atoms with Crippen LogP contribution in [0, 0.1) is 0 Å². The number of aliphatic carboxylic acids is 1. The molecule has 2 atom stereocenters. The Hall–Kier alpha value is -4.07. The molecule has 1 aliphatic rings. The van der Waals surface area contributed by atoms with E-state index < -0.39 is 36.2 Å². The zero-order chi connectivity index (χ0) is 27.5. The number of likely N-dealkylation sites (tertiary alicyclic amines) is 1. The lowest BCUT2D eigenvalue weighted by molar-refractivity contribution is -0.192. The largest absolute Gasteiger partial charge is 0.490 e. The second-order valence-corrected chi connectivity index (χ2v) is 8.48. The van der Waals surface area contributed by atoms with Gasteiger partial charge in [-0.1, -0.05) is 24.3 Å². The predicted molar refractivity (Wildman–Crippen MR) is 123 cm³/mol. The molecule has 37 heavy (non-hydrogen) atoms. The third kappa shape index (κ3) is 6.39. The maximum Gasteiger partial charge on any atom is 0.490 e. The Kier molecular flexibility index (Phi) is 8.11. The number of fused-ring (bicyclic) bond motifs is 1. The third-order valence-corrected chi connectivity index (χ3v) is 5.62. The van der Waals surface area contributed by atoms with Crippen LogP contribution in [0.5, 0.6) is 0 Å². The zero-order valence-electron chi connectivity index (χ0n) is 19.8. The molecule has 10 nitrogen and oxygen atoms in total.